The molecule has 6 unspecified atom stereocenters. The van der Waals surface area contributed by atoms with Gasteiger partial charge < -0.3 is 0 Å². The van der Waals surface area contributed by atoms with Gasteiger partial charge in [0.05, 0.1) is 0 Å². The van der Waals surface area contributed by atoms with E-state index in [4.69, 9.17) is 9.98 Å². The maximum atomic E-state index is 5.67. The van der Waals surface area contributed by atoms with E-state index in [1.807, 2.05) is 0 Å². The Hall–Kier alpha value is -4.34. The molecule has 0 spiro atoms. The summed E-state index contributed by atoms with van der Waals surface area (Å²) >= 11 is 0. The Morgan fingerprint density at radius 3 is 2.38 bits per heavy atom. The molecule has 1 aromatic rings. The minimum Gasteiger partial charge on any atom is -0.274 e. The molecule has 0 saturated carbocycles. The zero-order chi connectivity index (χ0) is 35.4. The molecule has 0 amide bonds. The van der Waals surface area contributed by atoms with Gasteiger partial charge in [-0.25, -0.2) is 0 Å². The molecule has 6 atom stereocenters. The van der Waals surface area contributed by atoms with Gasteiger partial charge in [0.15, 0.2) is 0 Å². The number of hydrogen-bond donors (Lipinski definition) is 0. The van der Waals surface area contributed by atoms with Crippen LogP contribution in [-0.4, -0.2) is 35.6 Å². The predicted molar refractivity (Wildman–Crippen MR) is 218 cm³/mol. The number of likely N-dealkylation sites (N-methyl/N-ethyl adjacent to an activating group) is 1. The standard InChI is InChI=1S/C49H53N3/c1-32-44-25-15-16-28-49(44,3)47(33(2)50-32)41-27-26-37(30-43(41)42-29-36-21-11-12-22-38(36)39-23-13-14-24-40(39)42)48-51-45(34-17-7-5-8-18-34)31-46(52(48)4)35-19-9-6-10-20-35/h5-9,11,14-19,21,24-28,42-43,46-48H,10,12-13,20,22-23,29-31H2,1-4H3. The van der Waals surface area contributed by atoms with Crippen LogP contribution in [0.1, 0.15) is 84.1 Å². The Morgan fingerprint density at radius 2 is 1.56 bits per heavy atom. The summed E-state index contributed by atoms with van der Waals surface area (Å²) < 4.78 is 0. The van der Waals surface area contributed by atoms with Gasteiger partial charge in [-0.2, -0.15) is 0 Å². The van der Waals surface area contributed by atoms with Crippen LogP contribution in [0.3, 0.4) is 0 Å². The Balaban J connectivity index is 1.18. The Labute approximate surface area is 311 Å². The average molecular weight is 684 g/mol. The van der Waals surface area contributed by atoms with E-state index in [-0.39, 0.29) is 17.5 Å². The number of nitrogens with zero attached hydrogens (tertiary/aromatic N) is 3. The van der Waals surface area contributed by atoms with Crippen LogP contribution in [-0.2, 0) is 0 Å². The van der Waals surface area contributed by atoms with E-state index in [0.29, 0.717) is 17.9 Å². The number of allylic oxidation sites excluding steroid dienone is 20. The summed E-state index contributed by atoms with van der Waals surface area (Å²) in [5.41, 5.74) is 17.2. The molecular weight excluding hydrogens is 631 g/mol. The van der Waals surface area contributed by atoms with E-state index in [2.05, 4.69) is 142 Å². The lowest BCUT2D eigenvalue weighted by Gasteiger charge is -2.48. The molecule has 9 rings (SSSR count). The van der Waals surface area contributed by atoms with Crippen molar-refractivity contribution < 1.29 is 0 Å². The highest BCUT2D eigenvalue weighted by atomic mass is 15.3. The maximum Gasteiger partial charge on any atom is 0.124 e. The molecule has 6 aliphatic carbocycles. The van der Waals surface area contributed by atoms with E-state index in [0.717, 1.165) is 44.2 Å². The van der Waals surface area contributed by atoms with Crippen LogP contribution in [0.25, 0.3) is 0 Å². The average Bonchev–Trinajstić information content (AvgIpc) is 3.18. The smallest absolute Gasteiger partial charge is 0.124 e. The summed E-state index contributed by atoms with van der Waals surface area (Å²) in [6.07, 6.45) is 41.1. The second kappa shape index (κ2) is 13.6. The van der Waals surface area contributed by atoms with Crippen molar-refractivity contribution in [1.82, 2.24) is 4.90 Å². The van der Waals surface area contributed by atoms with Crippen molar-refractivity contribution in [3.63, 3.8) is 0 Å². The molecule has 0 N–H and O–H groups in total. The van der Waals surface area contributed by atoms with Gasteiger partial charge in [-0.3, -0.25) is 14.9 Å². The summed E-state index contributed by atoms with van der Waals surface area (Å²) in [7, 11) is 2.34. The Kier molecular flexibility index (Phi) is 8.74. The van der Waals surface area contributed by atoms with E-state index in [1.165, 1.54) is 53.0 Å². The van der Waals surface area contributed by atoms with Gasteiger partial charge in [0.25, 0.3) is 0 Å². The summed E-state index contributed by atoms with van der Waals surface area (Å²) in [5.74, 6) is 0.985. The minimum absolute atomic E-state index is 0.00345. The monoisotopic (exact) mass is 683 g/mol. The first-order valence-corrected chi connectivity index (χ1v) is 19.9. The van der Waals surface area contributed by atoms with Crippen molar-refractivity contribution in [2.75, 3.05) is 7.05 Å². The van der Waals surface area contributed by atoms with Crippen molar-refractivity contribution in [2.24, 2.45) is 33.2 Å². The first kappa shape index (κ1) is 33.5. The largest absolute Gasteiger partial charge is 0.274 e. The van der Waals surface area contributed by atoms with Crippen LogP contribution in [0.5, 0.6) is 0 Å². The SMILES string of the molecule is CC1=NC(C)=C2C=CC=CC2(C)C1C1=CC=C(C2N=C(c3ccccc3)CC(C3=CC=CCC3)N2C)CC1C1CC2=C(CCC=C2)C2=C1C=CCC2. The molecule has 0 fully saturated rings. The van der Waals surface area contributed by atoms with Crippen LogP contribution in [0.15, 0.2) is 170 Å². The normalized spacial score (nSPS) is 32.8. The van der Waals surface area contributed by atoms with Gasteiger partial charge >= 0.3 is 0 Å². The molecule has 264 valence electrons. The van der Waals surface area contributed by atoms with Crippen LogP contribution in [0, 0.1) is 23.2 Å². The van der Waals surface area contributed by atoms with E-state index >= 15 is 0 Å². The van der Waals surface area contributed by atoms with E-state index in [9.17, 15) is 0 Å². The molecule has 0 aromatic heterocycles. The fourth-order valence-corrected chi connectivity index (χ4v) is 11.1. The molecule has 0 bridgehead atoms. The first-order chi connectivity index (χ1) is 25.4. The molecule has 0 saturated heterocycles. The van der Waals surface area contributed by atoms with Crippen molar-refractivity contribution in [1.29, 1.82) is 0 Å². The van der Waals surface area contributed by atoms with Gasteiger partial charge in [0, 0.05) is 40.9 Å². The fourth-order valence-electron chi connectivity index (χ4n) is 11.1. The third-order valence-corrected chi connectivity index (χ3v) is 13.5. The predicted octanol–water partition coefficient (Wildman–Crippen LogP) is 11.5. The van der Waals surface area contributed by atoms with Crippen molar-refractivity contribution >= 4 is 11.4 Å². The molecule has 0 radical (unpaired) electrons. The Bertz CT molecular complexity index is 2080. The molecule has 52 heavy (non-hydrogen) atoms. The van der Waals surface area contributed by atoms with Gasteiger partial charge in [-0.05, 0) is 123 Å². The Morgan fingerprint density at radius 1 is 0.750 bits per heavy atom. The lowest BCUT2D eigenvalue weighted by molar-refractivity contribution is 0.203. The van der Waals surface area contributed by atoms with Gasteiger partial charge in [-0.15, -0.1) is 0 Å². The summed E-state index contributed by atoms with van der Waals surface area (Å²) in [6, 6.07) is 11.3. The molecular formula is C49H53N3. The molecule has 2 aliphatic heterocycles. The molecule has 2 heterocycles. The lowest BCUT2D eigenvalue weighted by atomic mass is 9.57. The van der Waals surface area contributed by atoms with Crippen molar-refractivity contribution in [3.8, 4) is 0 Å². The van der Waals surface area contributed by atoms with Gasteiger partial charge in [-0.1, -0.05) is 127 Å². The van der Waals surface area contributed by atoms with Crippen LogP contribution < -0.4 is 0 Å². The number of aliphatic imine (C=N–C) groups is 2. The van der Waals surface area contributed by atoms with Crippen LogP contribution in [0.2, 0.25) is 0 Å². The maximum absolute atomic E-state index is 5.67. The van der Waals surface area contributed by atoms with Crippen molar-refractivity contribution in [2.45, 2.75) is 90.8 Å². The minimum atomic E-state index is -0.129. The molecule has 8 aliphatic rings. The van der Waals surface area contributed by atoms with E-state index in [1.54, 1.807) is 27.9 Å². The third kappa shape index (κ3) is 5.68. The zero-order valence-electron chi connectivity index (χ0n) is 31.5. The number of benzene rings is 1. The number of hydrogen-bond acceptors (Lipinski definition) is 3. The molecule has 1 aromatic carbocycles. The highest BCUT2D eigenvalue weighted by molar-refractivity contribution is 6.01. The lowest BCUT2D eigenvalue weighted by Crippen LogP contribution is -2.48. The number of rotatable bonds is 5. The summed E-state index contributed by atoms with van der Waals surface area (Å²) in [6.45, 7) is 6.95. The number of fused-ring (bicyclic) bond motifs is 2. The van der Waals surface area contributed by atoms with Gasteiger partial charge in [0.2, 0.25) is 0 Å². The fraction of sp³-hybridized carbons (Fsp3) is 0.388. The van der Waals surface area contributed by atoms with Crippen LogP contribution >= 0.6 is 0 Å². The van der Waals surface area contributed by atoms with Gasteiger partial charge in [0.1, 0.15) is 6.17 Å². The quantitative estimate of drug-likeness (QED) is 0.304. The highest BCUT2D eigenvalue weighted by Gasteiger charge is 2.48. The summed E-state index contributed by atoms with van der Waals surface area (Å²) in [4.78, 5) is 13.6. The third-order valence-electron chi connectivity index (χ3n) is 13.5. The topological polar surface area (TPSA) is 28.0 Å². The van der Waals surface area contributed by atoms with E-state index < -0.39 is 0 Å². The molecule has 3 heteroatoms. The second-order valence-corrected chi connectivity index (χ2v) is 16.4. The van der Waals surface area contributed by atoms with Crippen LogP contribution in [0.4, 0.5) is 0 Å². The second-order valence-electron chi connectivity index (χ2n) is 16.4. The molecule has 3 nitrogen and oxygen atoms in total. The zero-order valence-corrected chi connectivity index (χ0v) is 31.5. The van der Waals surface area contributed by atoms with Crippen molar-refractivity contribution in [3.05, 3.63) is 165 Å². The summed E-state index contributed by atoms with van der Waals surface area (Å²) in [5, 5.41) is 0. The first-order valence-electron chi connectivity index (χ1n) is 19.9. The highest BCUT2D eigenvalue weighted by Crippen LogP contribution is 2.56.